The third-order valence-corrected chi connectivity index (χ3v) is 6.24. The van der Waals surface area contributed by atoms with Gasteiger partial charge in [-0.15, -0.1) is 0 Å². The second-order valence-corrected chi connectivity index (χ2v) is 9.53. The molecular formula is C26H32N2O4. The number of ether oxygens (including phenoxy) is 2. The number of benzene rings is 2. The predicted molar refractivity (Wildman–Crippen MR) is 122 cm³/mol. The number of amides is 1. The number of hydrogen-bond acceptors (Lipinski definition) is 5. The van der Waals surface area contributed by atoms with Crippen LogP contribution in [0.4, 0.5) is 4.79 Å². The van der Waals surface area contributed by atoms with Crippen molar-refractivity contribution >= 4 is 12.1 Å². The van der Waals surface area contributed by atoms with Crippen LogP contribution in [0.25, 0.3) is 0 Å². The van der Waals surface area contributed by atoms with Crippen LogP contribution < -0.4 is 0 Å². The largest absolute Gasteiger partial charge is 0.459 e. The van der Waals surface area contributed by atoms with Gasteiger partial charge in [-0.2, -0.15) is 0 Å². The number of nitrogens with zero attached hydrogens (tertiary/aromatic N) is 2. The molecule has 170 valence electrons. The first-order valence-corrected chi connectivity index (χ1v) is 11.3. The first-order chi connectivity index (χ1) is 15.3. The van der Waals surface area contributed by atoms with Crippen molar-refractivity contribution in [1.29, 1.82) is 0 Å². The first-order valence-electron chi connectivity index (χ1n) is 11.3. The fourth-order valence-electron chi connectivity index (χ4n) is 4.70. The van der Waals surface area contributed by atoms with E-state index in [0.29, 0.717) is 32.6 Å². The van der Waals surface area contributed by atoms with E-state index in [-0.39, 0.29) is 18.7 Å². The lowest BCUT2D eigenvalue weighted by Crippen LogP contribution is -2.59. The van der Waals surface area contributed by atoms with E-state index in [1.165, 1.54) is 5.56 Å². The van der Waals surface area contributed by atoms with Gasteiger partial charge in [0, 0.05) is 26.2 Å². The highest BCUT2D eigenvalue weighted by atomic mass is 16.6. The summed E-state index contributed by atoms with van der Waals surface area (Å²) in [5.74, 6) is -0.211. The molecular weight excluding hydrogens is 404 g/mol. The van der Waals surface area contributed by atoms with Gasteiger partial charge in [0.2, 0.25) is 0 Å². The van der Waals surface area contributed by atoms with Crippen LogP contribution in [0.5, 0.6) is 0 Å². The molecule has 0 bridgehead atoms. The van der Waals surface area contributed by atoms with Crippen LogP contribution in [-0.4, -0.2) is 53.6 Å². The molecule has 1 aliphatic carbocycles. The Labute approximate surface area is 190 Å². The number of rotatable bonds is 4. The number of fused-ring (bicyclic) bond motifs is 1. The molecule has 0 spiro atoms. The number of aryl methyl sites for hydroxylation is 1. The number of esters is 1. The van der Waals surface area contributed by atoms with E-state index in [1.54, 1.807) is 4.90 Å². The second kappa shape index (κ2) is 8.94. The fraction of sp³-hybridized carbons (Fsp3) is 0.462. The highest BCUT2D eigenvalue weighted by molar-refractivity contribution is 5.84. The molecule has 1 atom stereocenters. The summed E-state index contributed by atoms with van der Waals surface area (Å²) in [7, 11) is 0. The van der Waals surface area contributed by atoms with Crippen molar-refractivity contribution in [3.63, 3.8) is 0 Å². The zero-order valence-corrected chi connectivity index (χ0v) is 19.2. The molecule has 0 radical (unpaired) electrons. The van der Waals surface area contributed by atoms with Gasteiger partial charge in [0.25, 0.3) is 0 Å². The third kappa shape index (κ3) is 4.51. The van der Waals surface area contributed by atoms with Gasteiger partial charge in [-0.25, -0.2) is 9.59 Å². The minimum Gasteiger partial charge on any atom is -0.459 e. The molecule has 6 nitrogen and oxygen atoms in total. The Morgan fingerprint density at radius 2 is 1.59 bits per heavy atom. The topological polar surface area (TPSA) is 59.1 Å². The van der Waals surface area contributed by atoms with E-state index in [9.17, 15) is 9.59 Å². The predicted octanol–water partition coefficient (Wildman–Crippen LogP) is 4.12. The monoisotopic (exact) mass is 436 g/mol. The van der Waals surface area contributed by atoms with Crippen molar-refractivity contribution in [2.24, 2.45) is 0 Å². The molecule has 2 aromatic rings. The number of hydrogen-bond donors (Lipinski definition) is 0. The molecule has 0 aromatic heterocycles. The van der Waals surface area contributed by atoms with E-state index in [0.717, 1.165) is 17.5 Å². The second-order valence-electron chi connectivity index (χ2n) is 9.53. The van der Waals surface area contributed by atoms with Crippen LogP contribution in [0.1, 0.15) is 43.9 Å². The van der Waals surface area contributed by atoms with Crippen molar-refractivity contribution in [3.05, 3.63) is 71.3 Å². The summed E-state index contributed by atoms with van der Waals surface area (Å²) >= 11 is 0. The van der Waals surface area contributed by atoms with Crippen molar-refractivity contribution in [1.82, 2.24) is 9.80 Å². The standard InChI is InChI=1S/C26H32N2O4/c1-25(2,3)32-24(30)27-15-17-28(18-16-27)26(14-13-21-11-7-8-12-22(21)26)23(29)31-19-20-9-5-4-6-10-20/h4-12H,13-19H2,1-3H3. The summed E-state index contributed by atoms with van der Waals surface area (Å²) in [6, 6.07) is 17.9. The normalized spacial score (nSPS) is 21.2. The Kier molecular flexibility index (Phi) is 6.24. The zero-order chi connectivity index (χ0) is 22.8. The third-order valence-electron chi connectivity index (χ3n) is 6.24. The average Bonchev–Trinajstić information content (AvgIpc) is 3.18. The van der Waals surface area contributed by atoms with Crippen LogP contribution in [0, 0.1) is 0 Å². The maximum absolute atomic E-state index is 13.6. The number of carbonyl (C=O) groups excluding carboxylic acids is 2. The van der Waals surface area contributed by atoms with Gasteiger partial charge in [0.15, 0.2) is 0 Å². The molecule has 32 heavy (non-hydrogen) atoms. The van der Waals surface area contributed by atoms with E-state index in [1.807, 2.05) is 69.3 Å². The molecule has 1 aliphatic heterocycles. The lowest BCUT2D eigenvalue weighted by molar-refractivity contribution is -0.162. The summed E-state index contributed by atoms with van der Waals surface area (Å²) < 4.78 is 11.4. The summed E-state index contributed by atoms with van der Waals surface area (Å²) in [4.78, 5) is 30.1. The molecule has 1 amide bonds. The summed E-state index contributed by atoms with van der Waals surface area (Å²) in [5.41, 5.74) is 1.85. The quantitative estimate of drug-likeness (QED) is 0.675. The lowest BCUT2D eigenvalue weighted by atomic mass is 9.88. The lowest BCUT2D eigenvalue weighted by Gasteiger charge is -2.44. The van der Waals surface area contributed by atoms with E-state index >= 15 is 0 Å². The number of piperazine rings is 1. The maximum atomic E-state index is 13.6. The van der Waals surface area contributed by atoms with Crippen molar-refractivity contribution in [2.75, 3.05) is 26.2 Å². The molecule has 1 fully saturated rings. The van der Waals surface area contributed by atoms with Crippen LogP contribution in [0.15, 0.2) is 54.6 Å². The Hall–Kier alpha value is -2.86. The average molecular weight is 437 g/mol. The Balaban J connectivity index is 1.53. The summed E-state index contributed by atoms with van der Waals surface area (Å²) in [6.45, 7) is 8.08. The van der Waals surface area contributed by atoms with Crippen LogP contribution in [0.3, 0.4) is 0 Å². The van der Waals surface area contributed by atoms with Crippen LogP contribution in [0.2, 0.25) is 0 Å². The first kappa shape index (κ1) is 22.3. The summed E-state index contributed by atoms with van der Waals surface area (Å²) in [5, 5.41) is 0. The van der Waals surface area contributed by atoms with Gasteiger partial charge in [0.05, 0.1) is 0 Å². The molecule has 1 unspecified atom stereocenters. The highest BCUT2D eigenvalue weighted by Gasteiger charge is 2.52. The Bertz CT molecular complexity index is 961. The molecule has 4 rings (SSSR count). The fourth-order valence-corrected chi connectivity index (χ4v) is 4.70. The number of carbonyl (C=O) groups is 2. The van der Waals surface area contributed by atoms with Gasteiger partial charge in [-0.3, -0.25) is 4.90 Å². The highest BCUT2D eigenvalue weighted by Crippen LogP contribution is 2.43. The van der Waals surface area contributed by atoms with E-state index < -0.39 is 11.1 Å². The molecule has 1 heterocycles. The minimum atomic E-state index is -0.814. The SMILES string of the molecule is CC(C)(C)OC(=O)N1CCN(C2(C(=O)OCc3ccccc3)CCc3ccccc32)CC1. The zero-order valence-electron chi connectivity index (χ0n) is 19.2. The molecule has 0 N–H and O–H groups in total. The van der Waals surface area contributed by atoms with Gasteiger partial charge in [-0.05, 0) is 50.3 Å². The Morgan fingerprint density at radius 3 is 2.28 bits per heavy atom. The summed E-state index contributed by atoms with van der Waals surface area (Å²) in [6.07, 6.45) is 1.22. The van der Waals surface area contributed by atoms with Crippen molar-refractivity contribution in [3.8, 4) is 0 Å². The van der Waals surface area contributed by atoms with Gasteiger partial charge < -0.3 is 14.4 Å². The van der Waals surface area contributed by atoms with Crippen molar-refractivity contribution < 1.29 is 19.1 Å². The van der Waals surface area contributed by atoms with Crippen LogP contribution >= 0.6 is 0 Å². The van der Waals surface area contributed by atoms with Gasteiger partial charge >= 0.3 is 12.1 Å². The van der Waals surface area contributed by atoms with Crippen molar-refractivity contribution in [2.45, 2.75) is 51.4 Å². The van der Waals surface area contributed by atoms with Crippen LogP contribution in [-0.2, 0) is 32.8 Å². The van der Waals surface area contributed by atoms with Gasteiger partial charge in [-0.1, -0.05) is 54.6 Å². The molecule has 2 aromatic carbocycles. The molecule has 6 heteroatoms. The maximum Gasteiger partial charge on any atom is 0.410 e. The minimum absolute atomic E-state index is 0.211. The Morgan fingerprint density at radius 1 is 0.938 bits per heavy atom. The van der Waals surface area contributed by atoms with E-state index in [4.69, 9.17) is 9.47 Å². The smallest absolute Gasteiger partial charge is 0.410 e. The molecule has 2 aliphatic rings. The van der Waals surface area contributed by atoms with E-state index in [2.05, 4.69) is 11.0 Å². The van der Waals surface area contributed by atoms with Gasteiger partial charge in [0.1, 0.15) is 17.7 Å². The molecule has 1 saturated heterocycles. The molecule has 0 saturated carbocycles.